The van der Waals surface area contributed by atoms with Crippen molar-refractivity contribution in [1.29, 1.82) is 0 Å². The average Bonchev–Trinajstić information content (AvgIpc) is 2.74. The van der Waals surface area contributed by atoms with Crippen LogP contribution in [0, 0.1) is 0 Å². The molecule has 0 radical (unpaired) electrons. The third-order valence-electron chi connectivity index (χ3n) is 2.36. The molecule has 2 nitrogen and oxygen atoms in total. The van der Waals surface area contributed by atoms with Crippen molar-refractivity contribution < 1.29 is 0 Å². The van der Waals surface area contributed by atoms with Gasteiger partial charge in [0.2, 0.25) is 0 Å². The number of hydrogen-bond donors (Lipinski definition) is 2. The Kier molecular flexibility index (Phi) is 3.63. The average molecular weight is 204 g/mol. The molecular weight excluding hydrogens is 188 g/mol. The molecule has 2 rings (SSSR count). The van der Waals surface area contributed by atoms with Gasteiger partial charge in [0.25, 0.3) is 0 Å². The van der Waals surface area contributed by atoms with E-state index in [1.165, 1.54) is 39.0 Å². The van der Waals surface area contributed by atoms with E-state index in [9.17, 15) is 0 Å². The van der Waals surface area contributed by atoms with E-state index in [4.69, 9.17) is 0 Å². The maximum Gasteiger partial charge on any atom is 0.0288 e. The smallest absolute Gasteiger partial charge is 0.0288 e. The second kappa shape index (κ2) is 4.74. The molecule has 0 aliphatic carbocycles. The highest BCUT2D eigenvalue weighted by Gasteiger charge is 2.20. The summed E-state index contributed by atoms with van der Waals surface area (Å²) < 4.78 is 0. The first-order valence-electron chi connectivity index (χ1n) is 4.69. The highest BCUT2D eigenvalue weighted by Crippen LogP contribution is 2.35. The summed E-state index contributed by atoms with van der Waals surface area (Å²) in [5.74, 6) is 0. The fourth-order valence-corrected chi connectivity index (χ4v) is 4.62. The minimum absolute atomic E-state index is 0.871. The van der Waals surface area contributed by atoms with Gasteiger partial charge in [-0.1, -0.05) is 21.6 Å². The molecule has 2 aliphatic heterocycles. The molecule has 0 aromatic heterocycles. The Morgan fingerprint density at radius 3 is 1.67 bits per heavy atom. The predicted octanol–water partition coefficient (Wildman–Crippen LogP) is 1.09. The molecule has 0 amide bonds. The van der Waals surface area contributed by atoms with E-state index in [1.54, 1.807) is 0 Å². The molecule has 70 valence electrons. The Morgan fingerprint density at radius 2 is 1.33 bits per heavy atom. The lowest BCUT2D eigenvalue weighted by Crippen LogP contribution is -2.11. The standard InChI is InChI=1S/C8H16N2S2/c1-3-9-5-7(1)11-12-8-2-4-10-6-8/h7-10H,1-6H2. The molecule has 2 unspecified atom stereocenters. The Labute approximate surface area is 82.0 Å². The van der Waals surface area contributed by atoms with Crippen molar-refractivity contribution >= 4 is 21.6 Å². The summed E-state index contributed by atoms with van der Waals surface area (Å²) in [6.07, 6.45) is 2.72. The normalized spacial score (nSPS) is 36.0. The fourth-order valence-electron chi connectivity index (χ4n) is 1.58. The van der Waals surface area contributed by atoms with Gasteiger partial charge in [0.15, 0.2) is 0 Å². The molecule has 0 bridgehead atoms. The third kappa shape index (κ3) is 2.55. The monoisotopic (exact) mass is 204 g/mol. The van der Waals surface area contributed by atoms with Crippen molar-refractivity contribution in [3.63, 3.8) is 0 Å². The molecule has 2 fully saturated rings. The van der Waals surface area contributed by atoms with Crippen LogP contribution in [-0.4, -0.2) is 36.7 Å². The SMILES string of the molecule is C1CC(SSC2CCNC2)CN1. The van der Waals surface area contributed by atoms with E-state index in [2.05, 4.69) is 32.2 Å². The molecule has 2 atom stereocenters. The Bertz CT molecular complexity index is 115. The zero-order chi connectivity index (χ0) is 8.23. The molecule has 0 aromatic carbocycles. The summed E-state index contributed by atoms with van der Waals surface area (Å²) in [5, 5.41) is 8.54. The molecule has 0 spiro atoms. The summed E-state index contributed by atoms with van der Waals surface area (Å²) in [7, 11) is 4.19. The lowest BCUT2D eigenvalue weighted by molar-refractivity contribution is 0.858. The molecule has 0 saturated carbocycles. The van der Waals surface area contributed by atoms with Crippen molar-refractivity contribution in [1.82, 2.24) is 10.6 Å². The minimum Gasteiger partial charge on any atom is -0.316 e. The first-order chi connectivity index (χ1) is 5.95. The highest BCUT2D eigenvalue weighted by molar-refractivity contribution is 8.77. The fraction of sp³-hybridized carbons (Fsp3) is 1.00. The van der Waals surface area contributed by atoms with Crippen LogP contribution in [0.2, 0.25) is 0 Å². The maximum atomic E-state index is 3.40. The lowest BCUT2D eigenvalue weighted by atomic mass is 10.4. The van der Waals surface area contributed by atoms with Crippen molar-refractivity contribution in [2.75, 3.05) is 26.2 Å². The Morgan fingerprint density at radius 1 is 0.833 bits per heavy atom. The first kappa shape index (κ1) is 9.19. The van der Waals surface area contributed by atoms with Crippen LogP contribution in [0.1, 0.15) is 12.8 Å². The third-order valence-corrected chi connectivity index (χ3v) is 5.78. The summed E-state index contributed by atoms with van der Waals surface area (Å²) in [5.41, 5.74) is 0. The van der Waals surface area contributed by atoms with E-state index < -0.39 is 0 Å². The highest BCUT2D eigenvalue weighted by atomic mass is 33.1. The lowest BCUT2D eigenvalue weighted by Gasteiger charge is -2.10. The molecule has 12 heavy (non-hydrogen) atoms. The van der Waals surface area contributed by atoms with E-state index >= 15 is 0 Å². The molecule has 4 heteroatoms. The van der Waals surface area contributed by atoms with Gasteiger partial charge in [-0.25, -0.2) is 0 Å². The predicted molar refractivity (Wildman–Crippen MR) is 57.7 cm³/mol. The van der Waals surface area contributed by atoms with Crippen LogP contribution < -0.4 is 10.6 Å². The van der Waals surface area contributed by atoms with Crippen molar-refractivity contribution in [3.8, 4) is 0 Å². The van der Waals surface area contributed by atoms with Crippen LogP contribution in [0.15, 0.2) is 0 Å². The summed E-state index contributed by atoms with van der Waals surface area (Å²) in [4.78, 5) is 0. The maximum absolute atomic E-state index is 3.40. The zero-order valence-corrected chi connectivity index (χ0v) is 8.85. The van der Waals surface area contributed by atoms with Gasteiger partial charge in [-0.2, -0.15) is 0 Å². The van der Waals surface area contributed by atoms with Crippen molar-refractivity contribution in [2.24, 2.45) is 0 Å². The van der Waals surface area contributed by atoms with Crippen LogP contribution >= 0.6 is 21.6 Å². The van der Waals surface area contributed by atoms with Crippen LogP contribution in [0.4, 0.5) is 0 Å². The Hall–Kier alpha value is 0.620. The molecule has 2 saturated heterocycles. The van der Waals surface area contributed by atoms with Crippen LogP contribution in [0.5, 0.6) is 0 Å². The van der Waals surface area contributed by atoms with Crippen LogP contribution in [0.25, 0.3) is 0 Å². The van der Waals surface area contributed by atoms with Crippen molar-refractivity contribution in [3.05, 3.63) is 0 Å². The van der Waals surface area contributed by atoms with E-state index in [1.807, 2.05) is 0 Å². The first-order valence-corrected chi connectivity index (χ1v) is 6.96. The number of hydrogen-bond acceptors (Lipinski definition) is 4. The minimum atomic E-state index is 0.871. The quantitative estimate of drug-likeness (QED) is 0.672. The molecule has 2 N–H and O–H groups in total. The molecule has 0 aromatic rings. The van der Waals surface area contributed by atoms with Gasteiger partial charge in [0.1, 0.15) is 0 Å². The summed E-state index contributed by atoms with van der Waals surface area (Å²) in [6.45, 7) is 4.89. The van der Waals surface area contributed by atoms with E-state index in [-0.39, 0.29) is 0 Å². The summed E-state index contributed by atoms with van der Waals surface area (Å²) in [6, 6.07) is 0. The van der Waals surface area contributed by atoms with Gasteiger partial charge >= 0.3 is 0 Å². The zero-order valence-electron chi connectivity index (χ0n) is 7.21. The topological polar surface area (TPSA) is 24.1 Å². The molecule has 2 aliphatic rings. The summed E-state index contributed by atoms with van der Waals surface area (Å²) >= 11 is 0. The molecular formula is C8H16N2S2. The van der Waals surface area contributed by atoms with Gasteiger partial charge in [0.05, 0.1) is 0 Å². The van der Waals surface area contributed by atoms with Crippen LogP contribution in [-0.2, 0) is 0 Å². The van der Waals surface area contributed by atoms with Gasteiger partial charge in [0, 0.05) is 23.6 Å². The number of rotatable bonds is 3. The van der Waals surface area contributed by atoms with Gasteiger partial charge in [-0.15, -0.1) is 0 Å². The van der Waals surface area contributed by atoms with Gasteiger partial charge < -0.3 is 10.6 Å². The van der Waals surface area contributed by atoms with Gasteiger partial charge in [-0.05, 0) is 25.9 Å². The molecule has 2 heterocycles. The second-order valence-electron chi connectivity index (χ2n) is 3.42. The van der Waals surface area contributed by atoms with Crippen LogP contribution in [0.3, 0.4) is 0 Å². The van der Waals surface area contributed by atoms with Gasteiger partial charge in [-0.3, -0.25) is 0 Å². The Balaban J connectivity index is 1.60. The largest absolute Gasteiger partial charge is 0.316 e. The number of nitrogens with one attached hydrogen (secondary N) is 2. The van der Waals surface area contributed by atoms with E-state index in [0.29, 0.717) is 0 Å². The second-order valence-corrected chi connectivity index (χ2v) is 6.29. The van der Waals surface area contributed by atoms with E-state index in [0.717, 1.165) is 10.5 Å². The van der Waals surface area contributed by atoms with Crippen molar-refractivity contribution in [2.45, 2.75) is 23.3 Å².